The SMILES string of the molecule is O=S(=O)(Nc1cccc2ccccc12)c1ccc(F)cc1F. The summed E-state index contributed by atoms with van der Waals surface area (Å²) in [6, 6.07) is 14.7. The lowest BCUT2D eigenvalue weighted by Gasteiger charge is -2.11. The molecule has 3 aromatic carbocycles. The van der Waals surface area contributed by atoms with Crippen LogP contribution in [0.5, 0.6) is 0 Å². The Hall–Kier alpha value is -2.47. The van der Waals surface area contributed by atoms with E-state index in [1.54, 1.807) is 24.3 Å². The van der Waals surface area contributed by atoms with Crippen molar-refractivity contribution in [3.05, 3.63) is 72.3 Å². The standard InChI is InChI=1S/C16H11F2NO2S/c17-12-8-9-16(14(18)10-12)22(20,21)19-15-7-3-5-11-4-1-2-6-13(11)15/h1-10,19H. The molecule has 22 heavy (non-hydrogen) atoms. The Labute approximate surface area is 126 Å². The van der Waals surface area contributed by atoms with Crippen LogP contribution in [0.25, 0.3) is 10.8 Å². The van der Waals surface area contributed by atoms with Crippen molar-refractivity contribution in [2.45, 2.75) is 4.90 Å². The Morgan fingerprint density at radius 3 is 2.36 bits per heavy atom. The Bertz CT molecular complexity index is 950. The Kier molecular flexibility index (Phi) is 3.54. The number of hydrogen-bond acceptors (Lipinski definition) is 2. The van der Waals surface area contributed by atoms with Crippen LogP contribution >= 0.6 is 0 Å². The molecule has 3 nitrogen and oxygen atoms in total. The lowest BCUT2D eigenvalue weighted by molar-refractivity contribution is 0.551. The maximum Gasteiger partial charge on any atom is 0.264 e. The van der Waals surface area contributed by atoms with Crippen molar-refractivity contribution in [2.75, 3.05) is 4.72 Å². The minimum Gasteiger partial charge on any atom is -0.279 e. The molecule has 0 radical (unpaired) electrons. The first-order chi connectivity index (χ1) is 10.5. The van der Waals surface area contributed by atoms with E-state index in [-0.39, 0.29) is 0 Å². The van der Waals surface area contributed by atoms with E-state index in [0.717, 1.165) is 17.5 Å². The predicted molar refractivity (Wildman–Crippen MR) is 81.1 cm³/mol. The van der Waals surface area contributed by atoms with E-state index in [1.165, 1.54) is 0 Å². The molecule has 0 spiro atoms. The third kappa shape index (κ3) is 2.65. The van der Waals surface area contributed by atoms with Gasteiger partial charge in [0, 0.05) is 11.5 Å². The van der Waals surface area contributed by atoms with Gasteiger partial charge >= 0.3 is 0 Å². The van der Waals surface area contributed by atoms with Gasteiger partial charge in [-0.1, -0.05) is 36.4 Å². The molecule has 0 saturated carbocycles. The summed E-state index contributed by atoms with van der Waals surface area (Å²) in [5.74, 6) is -1.96. The van der Waals surface area contributed by atoms with Crippen LogP contribution in [0.1, 0.15) is 0 Å². The number of hydrogen-bond donors (Lipinski definition) is 1. The predicted octanol–water partition coefficient (Wildman–Crippen LogP) is 3.92. The molecule has 0 aliphatic carbocycles. The molecule has 112 valence electrons. The zero-order chi connectivity index (χ0) is 15.7. The second-order valence-electron chi connectivity index (χ2n) is 4.71. The lowest BCUT2D eigenvalue weighted by atomic mass is 10.1. The zero-order valence-electron chi connectivity index (χ0n) is 11.3. The van der Waals surface area contributed by atoms with E-state index in [2.05, 4.69) is 4.72 Å². The van der Waals surface area contributed by atoms with Crippen LogP contribution in [0.4, 0.5) is 14.5 Å². The third-order valence-corrected chi connectivity index (χ3v) is 4.62. The van der Waals surface area contributed by atoms with Gasteiger partial charge in [0.1, 0.15) is 16.5 Å². The number of rotatable bonds is 3. The fraction of sp³-hybridized carbons (Fsp3) is 0. The zero-order valence-corrected chi connectivity index (χ0v) is 12.1. The van der Waals surface area contributed by atoms with Gasteiger partial charge in [0.25, 0.3) is 10.0 Å². The number of sulfonamides is 1. The maximum atomic E-state index is 13.7. The summed E-state index contributed by atoms with van der Waals surface area (Å²) in [5.41, 5.74) is 0.335. The van der Waals surface area contributed by atoms with Gasteiger partial charge in [0.05, 0.1) is 5.69 Å². The summed E-state index contributed by atoms with van der Waals surface area (Å²) in [6.45, 7) is 0. The number of benzene rings is 3. The fourth-order valence-electron chi connectivity index (χ4n) is 2.21. The van der Waals surface area contributed by atoms with Crippen LogP contribution in [0.2, 0.25) is 0 Å². The lowest BCUT2D eigenvalue weighted by Crippen LogP contribution is -2.15. The summed E-state index contributed by atoms with van der Waals surface area (Å²) in [5, 5.41) is 1.54. The summed E-state index contributed by atoms with van der Waals surface area (Å²) in [7, 11) is -4.14. The van der Waals surface area contributed by atoms with Gasteiger partial charge in [0.15, 0.2) is 0 Å². The minimum atomic E-state index is -4.14. The molecule has 0 fully saturated rings. The van der Waals surface area contributed by atoms with Crippen molar-refractivity contribution in [3.8, 4) is 0 Å². The summed E-state index contributed by atoms with van der Waals surface area (Å²) in [6.07, 6.45) is 0. The number of anilines is 1. The molecule has 0 unspecified atom stereocenters. The molecule has 0 amide bonds. The monoisotopic (exact) mass is 319 g/mol. The van der Waals surface area contributed by atoms with Gasteiger partial charge in [-0.3, -0.25) is 4.72 Å². The second kappa shape index (κ2) is 5.38. The third-order valence-electron chi connectivity index (χ3n) is 3.22. The smallest absolute Gasteiger partial charge is 0.264 e. The van der Waals surface area contributed by atoms with Gasteiger partial charge in [0.2, 0.25) is 0 Å². The van der Waals surface area contributed by atoms with E-state index < -0.39 is 26.6 Å². The topological polar surface area (TPSA) is 46.2 Å². The summed E-state index contributed by atoms with van der Waals surface area (Å²) in [4.78, 5) is -0.596. The molecule has 3 aromatic rings. The van der Waals surface area contributed by atoms with Gasteiger partial charge in [-0.2, -0.15) is 0 Å². The van der Waals surface area contributed by atoms with Crippen molar-refractivity contribution in [1.29, 1.82) is 0 Å². The van der Waals surface area contributed by atoms with Crippen molar-refractivity contribution < 1.29 is 17.2 Å². The maximum absolute atomic E-state index is 13.7. The van der Waals surface area contributed by atoms with Crippen molar-refractivity contribution >= 4 is 26.5 Å². The van der Waals surface area contributed by atoms with Gasteiger partial charge in [-0.05, 0) is 23.6 Å². The highest BCUT2D eigenvalue weighted by Crippen LogP contribution is 2.26. The summed E-state index contributed by atoms with van der Waals surface area (Å²) < 4.78 is 53.6. The molecule has 0 atom stereocenters. The van der Waals surface area contributed by atoms with Crippen LogP contribution in [0.15, 0.2) is 65.6 Å². The number of nitrogens with one attached hydrogen (secondary N) is 1. The Morgan fingerprint density at radius 2 is 1.59 bits per heavy atom. The highest BCUT2D eigenvalue weighted by atomic mass is 32.2. The average molecular weight is 319 g/mol. The number of halogens is 2. The molecule has 0 aliphatic heterocycles. The Morgan fingerprint density at radius 1 is 0.864 bits per heavy atom. The van der Waals surface area contributed by atoms with Crippen molar-refractivity contribution in [1.82, 2.24) is 0 Å². The van der Waals surface area contributed by atoms with Crippen LogP contribution in [-0.4, -0.2) is 8.42 Å². The number of fused-ring (bicyclic) bond motifs is 1. The van der Waals surface area contributed by atoms with Crippen molar-refractivity contribution in [2.24, 2.45) is 0 Å². The van der Waals surface area contributed by atoms with Crippen LogP contribution in [0.3, 0.4) is 0 Å². The molecular formula is C16H11F2NO2S. The van der Waals surface area contributed by atoms with Gasteiger partial charge < -0.3 is 0 Å². The van der Waals surface area contributed by atoms with Crippen molar-refractivity contribution in [3.63, 3.8) is 0 Å². The minimum absolute atomic E-state index is 0.335. The molecule has 1 N–H and O–H groups in total. The molecule has 6 heteroatoms. The largest absolute Gasteiger partial charge is 0.279 e. The van der Waals surface area contributed by atoms with Crippen LogP contribution in [-0.2, 0) is 10.0 Å². The first-order valence-electron chi connectivity index (χ1n) is 6.43. The first kappa shape index (κ1) is 14.5. The van der Waals surface area contributed by atoms with Gasteiger partial charge in [-0.15, -0.1) is 0 Å². The normalized spacial score (nSPS) is 11.5. The highest BCUT2D eigenvalue weighted by molar-refractivity contribution is 7.92. The Balaban J connectivity index is 2.07. The molecule has 0 saturated heterocycles. The highest BCUT2D eigenvalue weighted by Gasteiger charge is 2.20. The van der Waals surface area contributed by atoms with E-state index in [1.807, 2.05) is 18.2 Å². The van der Waals surface area contributed by atoms with E-state index in [4.69, 9.17) is 0 Å². The second-order valence-corrected chi connectivity index (χ2v) is 6.36. The van der Waals surface area contributed by atoms with Crippen LogP contribution in [0, 0.1) is 11.6 Å². The molecule has 0 bridgehead atoms. The fourth-order valence-corrected chi connectivity index (χ4v) is 3.35. The average Bonchev–Trinajstić information content (AvgIpc) is 2.47. The van der Waals surface area contributed by atoms with E-state index in [0.29, 0.717) is 17.1 Å². The molecule has 3 rings (SSSR count). The first-order valence-corrected chi connectivity index (χ1v) is 7.91. The molecular weight excluding hydrogens is 308 g/mol. The molecule has 0 aromatic heterocycles. The van der Waals surface area contributed by atoms with Crippen LogP contribution < -0.4 is 4.72 Å². The molecule has 0 aliphatic rings. The quantitative estimate of drug-likeness (QED) is 0.795. The van der Waals surface area contributed by atoms with E-state index in [9.17, 15) is 17.2 Å². The van der Waals surface area contributed by atoms with Gasteiger partial charge in [-0.25, -0.2) is 17.2 Å². The van der Waals surface area contributed by atoms with E-state index >= 15 is 0 Å². The molecule has 0 heterocycles. The summed E-state index contributed by atoms with van der Waals surface area (Å²) >= 11 is 0.